The Morgan fingerprint density at radius 2 is 2.15 bits per heavy atom. The molecule has 0 aliphatic carbocycles. The number of halogens is 1. The fourth-order valence-corrected chi connectivity index (χ4v) is 2.02. The van der Waals surface area contributed by atoms with Gasteiger partial charge in [-0.05, 0) is 17.7 Å². The van der Waals surface area contributed by atoms with Crippen LogP contribution in [-0.2, 0) is 6.54 Å². The van der Waals surface area contributed by atoms with E-state index in [1.54, 1.807) is 23.0 Å². The maximum atomic E-state index is 13.7. The summed E-state index contributed by atoms with van der Waals surface area (Å²) in [6, 6.07) is 4.81. The lowest BCUT2D eigenvalue weighted by atomic mass is 10.2. The zero-order valence-electron chi connectivity index (χ0n) is 10.7. The summed E-state index contributed by atoms with van der Waals surface area (Å²) in [5.41, 5.74) is 7.66. The largest absolute Gasteiger partial charge is 0.494 e. The molecule has 102 valence electrons. The smallest absolute Gasteiger partial charge is 0.165 e. The van der Waals surface area contributed by atoms with E-state index in [0.717, 1.165) is 5.56 Å². The first-order chi connectivity index (χ1) is 9.69. The number of nitrogen functional groups attached to an aromatic ring is 1. The van der Waals surface area contributed by atoms with Crippen LogP contribution in [-0.4, -0.2) is 26.6 Å². The molecule has 0 saturated carbocycles. The molecule has 0 saturated heterocycles. The van der Waals surface area contributed by atoms with Gasteiger partial charge in [-0.3, -0.25) is 0 Å². The molecule has 0 radical (unpaired) electrons. The molecule has 2 aromatic heterocycles. The van der Waals surface area contributed by atoms with Crippen molar-refractivity contribution < 1.29 is 9.13 Å². The Morgan fingerprint density at radius 1 is 1.30 bits per heavy atom. The summed E-state index contributed by atoms with van der Waals surface area (Å²) in [7, 11) is 1.43. The maximum Gasteiger partial charge on any atom is 0.165 e. The highest BCUT2D eigenvalue weighted by molar-refractivity contribution is 5.81. The van der Waals surface area contributed by atoms with Crippen LogP contribution >= 0.6 is 0 Å². The van der Waals surface area contributed by atoms with Gasteiger partial charge >= 0.3 is 0 Å². The minimum absolute atomic E-state index is 0.218. The van der Waals surface area contributed by atoms with Crippen molar-refractivity contribution in [2.45, 2.75) is 6.54 Å². The molecule has 1 aromatic carbocycles. The molecule has 7 heteroatoms. The number of fused-ring (bicyclic) bond motifs is 1. The van der Waals surface area contributed by atoms with Gasteiger partial charge in [0.05, 0.1) is 20.0 Å². The van der Waals surface area contributed by atoms with Crippen molar-refractivity contribution in [2.24, 2.45) is 0 Å². The second-order valence-electron chi connectivity index (χ2n) is 4.27. The van der Waals surface area contributed by atoms with Gasteiger partial charge in [0.2, 0.25) is 0 Å². The highest BCUT2D eigenvalue weighted by atomic mass is 19.1. The van der Waals surface area contributed by atoms with E-state index in [0.29, 0.717) is 23.5 Å². The number of hydrogen-bond donors (Lipinski definition) is 1. The first-order valence-corrected chi connectivity index (χ1v) is 5.93. The van der Waals surface area contributed by atoms with Gasteiger partial charge in [-0.15, -0.1) is 0 Å². The van der Waals surface area contributed by atoms with Crippen molar-refractivity contribution in [1.82, 2.24) is 19.5 Å². The average molecular weight is 273 g/mol. The molecule has 2 N–H and O–H groups in total. The van der Waals surface area contributed by atoms with Gasteiger partial charge in [-0.1, -0.05) is 6.07 Å². The van der Waals surface area contributed by atoms with Crippen LogP contribution in [0.3, 0.4) is 0 Å². The van der Waals surface area contributed by atoms with Crippen molar-refractivity contribution in [3.8, 4) is 5.75 Å². The van der Waals surface area contributed by atoms with Crippen LogP contribution in [0.4, 0.5) is 10.2 Å². The summed E-state index contributed by atoms with van der Waals surface area (Å²) in [6.45, 7) is 0.438. The number of nitrogens with two attached hydrogens (primary N) is 1. The number of methoxy groups -OCH3 is 1. The highest BCUT2D eigenvalue weighted by Crippen LogP contribution is 2.20. The van der Waals surface area contributed by atoms with Gasteiger partial charge in [-0.25, -0.2) is 19.3 Å². The number of ether oxygens (including phenoxy) is 1. The molecule has 2 heterocycles. The summed E-state index contributed by atoms with van der Waals surface area (Å²) < 4.78 is 20.3. The molecule has 0 aliphatic rings. The molecule has 3 rings (SSSR count). The lowest BCUT2D eigenvalue weighted by molar-refractivity contribution is 0.386. The van der Waals surface area contributed by atoms with E-state index in [4.69, 9.17) is 10.5 Å². The van der Waals surface area contributed by atoms with Crippen LogP contribution in [0.5, 0.6) is 5.75 Å². The van der Waals surface area contributed by atoms with Gasteiger partial charge in [0, 0.05) is 0 Å². The molecule has 0 amide bonds. The second-order valence-corrected chi connectivity index (χ2v) is 4.27. The van der Waals surface area contributed by atoms with Gasteiger partial charge in [-0.2, -0.15) is 0 Å². The number of benzene rings is 1. The molecule has 0 bridgehead atoms. The number of hydrogen-bond acceptors (Lipinski definition) is 5. The Kier molecular flexibility index (Phi) is 2.94. The third kappa shape index (κ3) is 2.03. The SMILES string of the molecule is COc1ccc(Cn2cnc3c(N)ncnc32)cc1F. The Bertz CT molecular complexity index is 771. The zero-order chi connectivity index (χ0) is 14.1. The van der Waals surface area contributed by atoms with E-state index < -0.39 is 5.82 Å². The summed E-state index contributed by atoms with van der Waals surface area (Å²) in [4.78, 5) is 12.2. The van der Waals surface area contributed by atoms with Crippen molar-refractivity contribution in [3.63, 3.8) is 0 Å². The summed E-state index contributed by atoms with van der Waals surface area (Å²) in [5.74, 6) is 0.147. The molecule has 0 atom stereocenters. The lowest BCUT2D eigenvalue weighted by Crippen LogP contribution is -2.01. The number of rotatable bonds is 3. The molecule has 20 heavy (non-hydrogen) atoms. The van der Waals surface area contributed by atoms with Crippen LogP contribution in [0.15, 0.2) is 30.9 Å². The van der Waals surface area contributed by atoms with Gasteiger partial charge in [0.25, 0.3) is 0 Å². The van der Waals surface area contributed by atoms with E-state index in [9.17, 15) is 4.39 Å². The average Bonchev–Trinajstić information content (AvgIpc) is 2.84. The summed E-state index contributed by atoms with van der Waals surface area (Å²) in [5, 5.41) is 0. The van der Waals surface area contributed by atoms with Gasteiger partial charge in [0.15, 0.2) is 23.0 Å². The molecule has 0 unspecified atom stereocenters. The lowest BCUT2D eigenvalue weighted by Gasteiger charge is -2.06. The predicted molar refractivity (Wildman–Crippen MR) is 71.8 cm³/mol. The van der Waals surface area contributed by atoms with Crippen LogP contribution < -0.4 is 10.5 Å². The predicted octanol–water partition coefficient (Wildman–Crippen LogP) is 1.60. The first-order valence-electron chi connectivity index (χ1n) is 5.93. The Morgan fingerprint density at radius 3 is 2.90 bits per heavy atom. The van der Waals surface area contributed by atoms with Crippen LogP contribution in [0.25, 0.3) is 11.2 Å². The van der Waals surface area contributed by atoms with Crippen molar-refractivity contribution in [1.29, 1.82) is 0 Å². The monoisotopic (exact) mass is 273 g/mol. The van der Waals surface area contributed by atoms with Crippen LogP contribution in [0.1, 0.15) is 5.56 Å². The van der Waals surface area contributed by atoms with E-state index in [1.807, 2.05) is 0 Å². The second kappa shape index (κ2) is 4.76. The van der Waals surface area contributed by atoms with Gasteiger partial charge < -0.3 is 15.0 Å². The minimum Gasteiger partial charge on any atom is -0.494 e. The number of anilines is 1. The first kappa shape index (κ1) is 12.3. The molecule has 0 spiro atoms. The number of aromatic nitrogens is 4. The summed E-state index contributed by atoms with van der Waals surface area (Å²) >= 11 is 0. The van der Waals surface area contributed by atoms with Crippen LogP contribution in [0.2, 0.25) is 0 Å². The third-order valence-corrected chi connectivity index (χ3v) is 3.00. The Balaban J connectivity index is 1.97. The highest BCUT2D eigenvalue weighted by Gasteiger charge is 2.09. The van der Waals surface area contributed by atoms with E-state index in [1.165, 1.54) is 19.5 Å². The fourth-order valence-electron chi connectivity index (χ4n) is 2.02. The molecule has 3 aromatic rings. The van der Waals surface area contributed by atoms with E-state index in [2.05, 4.69) is 15.0 Å². The van der Waals surface area contributed by atoms with Gasteiger partial charge in [0.1, 0.15) is 11.8 Å². The molecular weight excluding hydrogens is 261 g/mol. The van der Waals surface area contributed by atoms with Crippen molar-refractivity contribution in [2.75, 3.05) is 12.8 Å². The molecule has 0 aliphatic heterocycles. The van der Waals surface area contributed by atoms with E-state index >= 15 is 0 Å². The maximum absolute atomic E-state index is 13.7. The fraction of sp³-hybridized carbons (Fsp3) is 0.154. The topological polar surface area (TPSA) is 78.9 Å². The normalized spacial score (nSPS) is 10.9. The standard InChI is InChI=1S/C13H12FN5O/c1-20-10-3-2-8(4-9(10)14)5-19-7-18-11-12(15)16-6-17-13(11)19/h2-4,6-7H,5H2,1H3,(H2,15,16,17). The van der Waals surface area contributed by atoms with Crippen LogP contribution in [0, 0.1) is 5.82 Å². The van der Waals surface area contributed by atoms with Crippen molar-refractivity contribution >= 4 is 17.0 Å². The minimum atomic E-state index is -0.399. The Labute approximate surface area is 114 Å². The molecule has 6 nitrogen and oxygen atoms in total. The third-order valence-electron chi connectivity index (χ3n) is 3.00. The van der Waals surface area contributed by atoms with E-state index in [-0.39, 0.29) is 5.75 Å². The van der Waals surface area contributed by atoms with Crippen molar-refractivity contribution in [3.05, 3.63) is 42.2 Å². The summed E-state index contributed by atoms with van der Waals surface area (Å²) in [6.07, 6.45) is 2.99. The zero-order valence-corrected chi connectivity index (χ0v) is 10.7. The number of nitrogens with zero attached hydrogens (tertiary/aromatic N) is 4. The molecule has 0 fully saturated rings. The number of imidazole rings is 1. The Hall–Kier alpha value is -2.70. The quantitative estimate of drug-likeness (QED) is 0.784. The molecular formula is C13H12FN5O.